The molecule has 2 aromatic carbocycles. The second-order valence-electron chi connectivity index (χ2n) is 10.6. The lowest BCUT2D eigenvalue weighted by Crippen LogP contribution is -2.38. The molecule has 0 aliphatic carbocycles. The molecule has 0 bridgehead atoms. The number of ketones is 1. The maximum Gasteiger partial charge on any atom is 0.203 e. The predicted octanol–water partition coefficient (Wildman–Crippen LogP) is 4.17. The Balaban J connectivity index is 1.68. The Hall–Kier alpha value is -3.06. The summed E-state index contributed by atoms with van der Waals surface area (Å²) in [6, 6.07) is 7.09. The molecule has 0 amide bonds. The summed E-state index contributed by atoms with van der Waals surface area (Å²) >= 11 is 0. The molecule has 43 heavy (non-hydrogen) atoms. The summed E-state index contributed by atoms with van der Waals surface area (Å²) < 4.78 is 67.6. The molecule has 2 aliphatic rings. The van der Waals surface area contributed by atoms with E-state index in [0.29, 0.717) is 80.8 Å². The third kappa shape index (κ3) is 8.11. The molecule has 2 aliphatic heterocycles. The van der Waals surface area contributed by atoms with E-state index in [1.807, 2.05) is 19.1 Å². The number of rotatable bonds is 15. The van der Waals surface area contributed by atoms with Crippen molar-refractivity contribution >= 4 is 15.6 Å². The zero-order valence-corrected chi connectivity index (χ0v) is 26.5. The third-order valence-corrected chi connectivity index (χ3v) is 9.20. The minimum Gasteiger partial charge on any atom is -0.493 e. The van der Waals surface area contributed by atoms with Crippen molar-refractivity contribution in [1.82, 2.24) is 4.90 Å². The first-order valence-corrected chi connectivity index (χ1v) is 16.3. The molecule has 0 N–H and O–H groups in total. The van der Waals surface area contributed by atoms with E-state index in [1.165, 1.54) is 6.92 Å². The second-order valence-corrected chi connectivity index (χ2v) is 12.6. The van der Waals surface area contributed by atoms with Crippen molar-refractivity contribution in [3.05, 3.63) is 35.4 Å². The lowest BCUT2D eigenvalue weighted by atomic mass is 10.0. The average molecular weight is 622 g/mol. The third-order valence-electron chi connectivity index (χ3n) is 7.44. The molecular weight excluding hydrogens is 578 g/mol. The second kappa shape index (κ2) is 15.1. The SMILES string of the molecule is CCCOc1c(OCCN2CCOCC2)cc(C2CCC(c3cc(OC)c(OC)c(OC)c3)O2)cc1S(=O)(=O)CC(C)=O. The molecule has 238 valence electrons. The van der Waals surface area contributed by atoms with Crippen molar-refractivity contribution in [2.24, 2.45) is 0 Å². The zero-order valence-electron chi connectivity index (χ0n) is 25.7. The van der Waals surface area contributed by atoms with Gasteiger partial charge in [-0.1, -0.05) is 6.92 Å². The van der Waals surface area contributed by atoms with Gasteiger partial charge in [0.05, 0.1) is 53.4 Å². The van der Waals surface area contributed by atoms with Crippen LogP contribution in [0, 0.1) is 0 Å². The molecule has 0 saturated carbocycles. The topological polar surface area (TPSA) is 119 Å². The van der Waals surface area contributed by atoms with E-state index in [9.17, 15) is 13.2 Å². The first-order valence-electron chi connectivity index (χ1n) is 14.6. The Morgan fingerprint density at radius 2 is 1.47 bits per heavy atom. The van der Waals surface area contributed by atoms with Crippen molar-refractivity contribution in [1.29, 1.82) is 0 Å². The predicted molar refractivity (Wildman–Crippen MR) is 160 cm³/mol. The van der Waals surface area contributed by atoms with E-state index < -0.39 is 27.5 Å². The van der Waals surface area contributed by atoms with Gasteiger partial charge >= 0.3 is 0 Å². The smallest absolute Gasteiger partial charge is 0.203 e. The highest BCUT2D eigenvalue weighted by molar-refractivity contribution is 7.92. The van der Waals surface area contributed by atoms with Gasteiger partial charge in [-0.3, -0.25) is 9.69 Å². The van der Waals surface area contributed by atoms with Gasteiger partial charge in [-0.25, -0.2) is 8.42 Å². The quantitative estimate of drug-likeness (QED) is 0.285. The number of hydrogen-bond acceptors (Lipinski definition) is 11. The van der Waals surface area contributed by atoms with Gasteiger partial charge in [0.1, 0.15) is 23.0 Å². The van der Waals surface area contributed by atoms with Crippen molar-refractivity contribution in [3.8, 4) is 28.7 Å². The summed E-state index contributed by atoms with van der Waals surface area (Å²) in [4.78, 5) is 14.1. The lowest BCUT2D eigenvalue weighted by molar-refractivity contribution is -0.114. The monoisotopic (exact) mass is 621 g/mol. The summed E-state index contributed by atoms with van der Waals surface area (Å²) in [6.07, 6.45) is 1.27. The summed E-state index contributed by atoms with van der Waals surface area (Å²) in [6.45, 7) is 7.42. The molecule has 11 nitrogen and oxygen atoms in total. The molecule has 2 heterocycles. The van der Waals surface area contributed by atoms with Crippen LogP contribution in [-0.2, 0) is 24.1 Å². The van der Waals surface area contributed by atoms with Gasteiger partial charge in [-0.2, -0.15) is 0 Å². The highest BCUT2D eigenvalue weighted by Gasteiger charge is 2.33. The van der Waals surface area contributed by atoms with Gasteiger partial charge in [-0.05, 0) is 61.6 Å². The molecule has 2 unspecified atom stereocenters. The van der Waals surface area contributed by atoms with Crippen LogP contribution >= 0.6 is 0 Å². The molecule has 0 aromatic heterocycles. The van der Waals surface area contributed by atoms with Gasteiger partial charge in [0.2, 0.25) is 5.75 Å². The van der Waals surface area contributed by atoms with Crippen molar-refractivity contribution < 1.29 is 46.4 Å². The molecule has 2 saturated heterocycles. The molecule has 2 atom stereocenters. The van der Waals surface area contributed by atoms with Gasteiger partial charge in [0, 0.05) is 19.6 Å². The number of nitrogens with zero attached hydrogens (tertiary/aromatic N) is 1. The number of Topliss-reactive ketones (excluding diaryl/α,β-unsaturated/α-hetero) is 1. The number of carbonyl (C=O) groups excluding carboxylic acids is 1. The first kappa shape index (κ1) is 32.8. The maximum absolute atomic E-state index is 13.5. The Morgan fingerprint density at radius 3 is 2.02 bits per heavy atom. The number of benzene rings is 2. The molecule has 0 spiro atoms. The fourth-order valence-electron chi connectivity index (χ4n) is 5.34. The van der Waals surface area contributed by atoms with Crippen molar-refractivity contribution in [3.63, 3.8) is 0 Å². The van der Waals surface area contributed by atoms with Gasteiger partial charge in [-0.15, -0.1) is 0 Å². The molecular formula is C31H43NO10S. The standard InChI is InChI=1S/C31H43NO10S/c1-6-12-41-31-28(40-15-11-32-9-13-39-14-10-32)18-23(19-29(31)43(34,35)20-21(2)33)25-8-7-24(42-25)22-16-26(36-3)30(38-5)27(17-22)37-4/h16-19,24-25H,6-15,20H2,1-5H3. The van der Waals surface area contributed by atoms with Crippen LogP contribution in [0.15, 0.2) is 29.2 Å². The van der Waals surface area contributed by atoms with Crippen LogP contribution in [-0.4, -0.2) is 92.2 Å². The van der Waals surface area contributed by atoms with E-state index in [2.05, 4.69) is 4.90 Å². The van der Waals surface area contributed by atoms with Gasteiger partial charge in [0.25, 0.3) is 0 Å². The van der Waals surface area contributed by atoms with E-state index in [0.717, 1.165) is 18.7 Å². The van der Waals surface area contributed by atoms with Crippen LogP contribution in [0.2, 0.25) is 0 Å². The fourth-order valence-corrected chi connectivity index (χ4v) is 6.79. The summed E-state index contributed by atoms with van der Waals surface area (Å²) in [7, 11) is 0.655. The number of sulfone groups is 1. The largest absolute Gasteiger partial charge is 0.493 e. The number of ether oxygens (including phenoxy) is 7. The average Bonchev–Trinajstić information content (AvgIpc) is 3.49. The molecule has 2 fully saturated rings. The minimum absolute atomic E-state index is 0.0603. The van der Waals surface area contributed by atoms with E-state index >= 15 is 0 Å². The first-order chi connectivity index (χ1) is 20.7. The van der Waals surface area contributed by atoms with Crippen LogP contribution in [0.25, 0.3) is 0 Å². The van der Waals surface area contributed by atoms with E-state index in [1.54, 1.807) is 33.5 Å². The molecule has 4 rings (SSSR count). The van der Waals surface area contributed by atoms with Crippen LogP contribution in [0.1, 0.15) is 56.4 Å². The normalized spacial score (nSPS) is 19.2. The highest BCUT2D eigenvalue weighted by Crippen LogP contribution is 2.48. The summed E-state index contributed by atoms with van der Waals surface area (Å²) in [5, 5.41) is 0. The Bertz CT molecular complexity index is 1330. The van der Waals surface area contributed by atoms with Crippen LogP contribution < -0.4 is 23.7 Å². The Labute approximate surface area is 254 Å². The zero-order chi connectivity index (χ0) is 31.0. The molecule has 2 aromatic rings. The maximum atomic E-state index is 13.5. The lowest BCUT2D eigenvalue weighted by Gasteiger charge is -2.27. The van der Waals surface area contributed by atoms with Crippen LogP contribution in [0.3, 0.4) is 0 Å². The number of morpholine rings is 1. The fraction of sp³-hybridized carbons (Fsp3) is 0.581. The van der Waals surface area contributed by atoms with E-state index in [4.69, 9.17) is 33.2 Å². The molecule has 0 radical (unpaired) electrons. The van der Waals surface area contributed by atoms with Crippen molar-refractivity contribution in [2.45, 2.75) is 50.2 Å². The van der Waals surface area contributed by atoms with Crippen LogP contribution in [0.4, 0.5) is 0 Å². The van der Waals surface area contributed by atoms with Gasteiger partial charge in [0.15, 0.2) is 32.8 Å². The molecule has 12 heteroatoms. The van der Waals surface area contributed by atoms with E-state index in [-0.39, 0.29) is 16.7 Å². The summed E-state index contributed by atoms with van der Waals surface area (Å²) in [5.41, 5.74) is 1.49. The number of hydrogen-bond donors (Lipinski definition) is 0. The van der Waals surface area contributed by atoms with Gasteiger partial charge < -0.3 is 33.2 Å². The highest BCUT2D eigenvalue weighted by atomic mass is 32.2. The Morgan fingerprint density at radius 1 is 0.860 bits per heavy atom. The minimum atomic E-state index is -4.02. The Kier molecular flexibility index (Phi) is 11.5. The number of carbonyl (C=O) groups is 1. The number of methoxy groups -OCH3 is 3. The van der Waals surface area contributed by atoms with Crippen molar-refractivity contribution in [2.75, 3.05) is 73.1 Å². The van der Waals surface area contributed by atoms with Crippen LogP contribution in [0.5, 0.6) is 28.7 Å². The summed E-state index contributed by atoms with van der Waals surface area (Å²) in [5.74, 6) is 0.900.